The molecule has 2 rings (SSSR count). The average molecular weight is 346 g/mol. The predicted molar refractivity (Wildman–Crippen MR) is 85.9 cm³/mol. The van der Waals surface area contributed by atoms with E-state index in [1.165, 1.54) is 7.11 Å². The van der Waals surface area contributed by atoms with Crippen molar-refractivity contribution in [2.45, 2.75) is 24.4 Å². The van der Waals surface area contributed by atoms with Crippen LogP contribution < -0.4 is 0 Å². The first-order valence-electron chi connectivity index (χ1n) is 6.69. The lowest BCUT2D eigenvalue weighted by Crippen LogP contribution is -2.04. The van der Waals surface area contributed by atoms with Crippen molar-refractivity contribution < 1.29 is 22.5 Å². The number of hydrogen-bond donors (Lipinski definition) is 1. The highest BCUT2D eigenvalue weighted by Gasteiger charge is 2.28. The lowest BCUT2D eigenvalue weighted by atomic mass is 9.99. The molecule has 0 saturated carbocycles. The molecule has 1 aliphatic carbocycles. The molecular formula is C15H16F2O3S2. The molecule has 1 unspecified atom stereocenters. The van der Waals surface area contributed by atoms with Crippen molar-refractivity contribution in [3.8, 4) is 0 Å². The number of halogens is 2. The molecule has 0 saturated heterocycles. The van der Waals surface area contributed by atoms with E-state index in [9.17, 15) is 13.6 Å². The van der Waals surface area contributed by atoms with Crippen LogP contribution in [-0.4, -0.2) is 17.7 Å². The first-order valence-corrected chi connectivity index (χ1v) is 7.88. The van der Waals surface area contributed by atoms with Gasteiger partial charge in [-0.25, -0.2) is 4.79 Å². The van der Waals surface area contributed by atoms with Crippen LogP contribution >= 0.6 is 24.7 Å². The highest BCUT2D eigenvalue weighted by molar-refractivity contribution is 8.08. The van der Waals surface area contributed by atoms with Crippen LogP contribution in [0.25, 0.3) is 5.76 Å². The fourth-order valence-corrected chi connectivity index (χ4v) is 2.72. The summed E-state index contributed by atoms with van der Waals surface area (Å²) in [7, 11) is 1.32. The van der Waals surface area contributed by atoms with Gasteiger partial charge in [-0.3, -0.25) is 0 Å². The van der Waals surface area contributed by atoms with Gasteiger partial charge in [-0.15, -0.1) is 0 Å². The van der Waals surface area contributed by atoms with Gasteiger partial charge in [0.2, 0.25) is 0 Å². The molecule has 1 aromatic rings. The van der Waals surface area contributed by atoms with E-state index in [4.69, 9.17) is 8.92 Å². The van der Waals surface area contributed by atoms with Crippen molar-refractivity contribution in [1.82, 2.24) is 0 Å². The van der Waals surface area contributed by atoms with E-state index in [1.54, 1.807) is 18.2 Å². The number of methoxy groups -OCH3 is 1. The summed E-state index contributed by atoms with van der Waals surface area (Å²) in [5.74, 6) is 0.121. The molecule has 0 radical (unpaired) electrons. The molecule has 1 aliphatic rings. The second-order valence-electron chi connectivity index (χ2n) is 5.06. The SMILES string of the molecule is COC(=O)c1ccc2c(c1)CCC(C)C=C2OSC(F)(F)S. The maximum absolute atomic E-state index is 12.9. The number of fused-ring (bicyclic) bond motifs is 1. The molecule has 0 aliphatic heterocycles. The third-order valence-corrected chi connectivity index (χ3v) is 4.02. The minimum atomic E-state index is -3.28. The Bertz CT molecular complexity index is 597. The number of ether oxygens (including phenoxy) is 1. The smallest absolute Gasteiger partial charge is 0.373 e. The Morgan fingerprint density at radius 3 is 2.82 bits per heavy atom. The van der Waals surface area contributed by atoms with Gasteiger partial charge in [-0.2, -0.15) is 8.78 Å². The number of benzene rings is 1. The van der Waals surface area contributed by atoms with Crippen LogP contribution in [0.4, 0.5) is 8.78 Å². The lowest BCUT2D eigenvalue weighted by Gasteiger charge is -2.14. The van der Waals surface area contributed by atoms with Gasteiger partial charge in [-0.05, 0) is 42.5 Å². The van der Waals surface area contributed by atoms with Crippen molar-refractivity contribution in [2.75, 3.05) is 7.11 Å². The molecule has 1 atom stereocenters. The molecule has 120 valence electrons. The fourth-order valence-electron chi connectivity index (χ4n) is 2.27. The number of thiol groups is 1. The van der Waals surface area contributed by atoms with Gasteiger partial charge in [0, 0.05) is 5.56 Å². The Hall–Kier alpha value is -1.21. The highest BCUT2D eigenvalue weighted by atomic mass is 32.2. The van der Waals surface area contributed by atoms with E-state index in [2.05, 4.69) is 12.6 Å². The van der Waals surface area contributed by atoms with Crippen LogP contribution in [0.3, 0.4) is 0 Å². The van der Waals surface area contributed by atoms with Gasteiger partial charge in [0.15, 0.2) is 0 Å². The number of allylic oxidation sites excluding steroid dienone is 1. The normalized spacial score (nSPS) is 18.0. The van der Waals surface area contributed by atoms with Crippen LogP contribution in [0.1, 0.15) is 34.8 Å². The lowest BCUT2D eigenvalue weighted by molar-refractivity contribution is 0.0600. The average Bonchev–Trinajstić information content (AvgIpc) is 2.62. The second kappa shape index (κ2) is 6.91. The summed E-state index contributed by atoms with van der Waals surface area (Å²) in [5.41, 5.74) is 2.02. The molecule has 0 fully saturated rings. The Balaban J connectivity index is 2.33. The predicted octanol–water partition coefficient (Wildman–Crippen LogP) is 4.54. The molecule has 22 heavy (non-hydrogen) atoms. The molecule has 0 heterocycles. The largest absolute Gasteiger partial charge is 0.465 e. The Morgan fingerprint density at radius 2 is 2.18 bits per heavy atom. The zero-order chi connectivity index (χ0) is 16.3. The molecule has 0 spiro atoms. The van der Waals surface area contributed by atoms with E-state index >= 15 is 0 Å². The third-order valence-electron chi connectivity index (χ3n) is 3.33. The van der Waals surface area contributed by atoms with Gasteiger partial charge in [-0.1, -0.05) is 25.6 Å². The second-order valence-corrected chi connectivity index (χ2v) is 6.77. The van der Waals surface area contributed by atoms with E-state index < -0.39 is 10.6 Å². The maximum atomic E-state index is 12.9. The molecule has 1 aromatic carbocycles. The first kappa shape index (κ1) is 17.1. The van der Waals surface area contributed by atoms with Gasteiger partial charge >= 0.3 is 10.6 Å². The Morgan fingerprint density at radius 1 is 1.45 bits per heavy atom. The minimum absolute atomic E-state index is 0.000934. The summed E-state index contributed by atoms with van der Waals surface area (Å²) < 4.78 is 32.4. The number of rotatable bonds is 4. The monoisotopic (exact) mass is 346 g/mol. The van der Waals surface area contributed by atoms with E-state index in [0.717, 1.165) is 18.4 Å². The van der Waals surface area contributed by atoms with Crippen molar-refractivity contribution in [3.63, 3.8) is 0 Å². The molecule has 7 heteroatoms. The molecule has 0 amide bonds. The molecular weight excluding hydrogens is 330 g/mol. The topological polar surface area (TPSA) is 35.5 Å². The number of aryl methyl sites for hydroxylation is 1. The van der Waals surface area contributed by atoms with Crippen LogP contribution in [-0.2, 0) is 15.3 Å². The van der Waals surface area contributed by atoms with E-state index in [-0.39, 0.29) is 18.0 Å². The van der Waals surface area contributed by atoms with Crippen LogP contribution in [0.5, 0.6) is 0 Å². The number of carbonyl (C=O) groups is 1. The molecule has 0 N–H and O–H groups in total. The summed E-state index contributed by atoms with van der Waals surface area (Å²) in [6, 6.07) is 5.02. The van der Waals surface area contributed by atoms with E-state index in [1.807, 2.05) is 13.0 Å². The van der Waals surface area contributed by atoms with Crippen LogP contribution in [0.2, 0.25) is 0 Å². The third kappa shape index (κ3) is 4.39. The first-order chi connectivity index (χ1) is 10.3. The summed E-state index contributed by atoms with van der Waals surface area (Å²) in [5, 5.41) is 0. The summed E-state index contributed by atoms with van der Waals surface area (Å²) in [4.78, 5) is 11.6. The van der Waals surface area contributed by atoms with Gasteiger partial charge in [0.1, 0.15) is 17.8 Å². The molecule has 0 aromatic heterocycles. The van der Waals surface area contributed by atoms with Crippen LogP contribution in [0.15, 0.2) is 24.3 Å². The van der Waals surface area contributed by atoms with Gasteiger partial charge < -0.3 is 8.92 Å². The summed E-state index contributed by atoms with van der Waals surface area (Å²) >= 11 is 3.15. The molecule has 0 bridgehead atoms. The fraction of sp³-hybridized carbons (Fsp3) is 0.400. The van der Waals surface area contributed by atoms with E-state index in [0.29, 0.717) is 16.9 Å². The van der Waals surface area contributed by atoms with Crippen molar-refractivity contribution >= 4 is 36.4 Å². The molecule has 3 nitrogen and oxygen atoms in total. The zero-order valence-corrected chi connectivity index (χ0v) is 13.8. The summed E-state index contributed by atoms with van der Waals surface area (Å²) in [6.07, 6.45) is 3.38. The number of hydrogen-bond acceptors (Lipinski definition) is 5. The number of esters is 1. The van der Waals surface area contributed by atoms with Gasteiger partial charge in [0.25, 0.3) is 0 Å². The Kier molecular flexibility index (Phi) is 5.39. The minimum Gasteiger partial charge on any atom is -0.465 e. The number of carbonyl (C=O) groups excluding carboxylic acids is 1. The van der Waals surface area contributed by atoms with Crippen molar-refractivity contribution in [1.29, 1.82) is 0 Å². The highest BCUT2D eigenvalue weighted by Crippen LogP contribution is 2.39. The van der Waals surface area contributed by atoms with Gasteiger partial charge in [0.05, 0.1) is 12.7 Å². The standard InChI is InChI=1S/C15H16F2O3S2/c1-9-3-4-10-8-11(14(18)19-2)5-6-12(10)13(7-9)20-22-15(16,17)21/h5-9,21H,3-4H2,1-2H3. The van der Waals surface area contributed by atoms with Crippen molar-refractivity contribution in [3.05, 3.63) is 41.0 Å². The van der Waals surface area contributed by atoms with Crippen molar-refractivity contribution in [2.24, 2.45) is 5.92 Å². The summed E-state index contributed by atoms with van der Waals surface area (Å²) in [6.45, 7) is 1.99. The Labute approximate surface area is 137 Å². The number of alkyl halides is 2. The zero-order valence-electron chi connectivity index (χ0n) is 12.1. The maximum Gasteiger partial charge on any atom is 0.373 e. The quantitative estimate of drug-likeness (QED) is 0.376. The van der Waals surface area contributed by atoms with Crippen LogP contribution in [0, 0.1) is 5.92 Å².